The summed E-state index contributed by atoms with van der Waals surface area (Å²) in [5, 5.41) is 3.11. The Kier molecular flexibility index (Phi) is 10.7. The standard InChI is InChI=1S/C8H6F8O6.C4H11N/c1-19-3(17)5(9,10)21-7(13,14)8(15,16)22-6(11,12)4(18)20-2;1-3-5-4-2/h1-2H3;5H,3-4H2,1-2H3. The molecule has 1 N–H and O–H groups in total. The maximum atomic E-state index is 12.8. The Labute approximate surface area is 147 Å². The molecule has 0 aliphatic heterocycles. The van der Waals surface area contributed by atoms with Gasteiger partial charge in [-0.05, 0) is 13.1 Å². The Morgan fingerprint density at radius 2 is 0.963 bits per heavy atom. The highest BCUT2D eigenvalue weighted by Gasteiger charge is 2.70. The molecule has 0 aromatic rings. The molecular formula is C12H17F8NO6. The van der Waals surface area contributed by atoms with Gasteiger partial charge in [-0.1, -0.05) is 13.8 Å². The summed E-state index contributed by atoms with van der Waals surface area (Å²) >= 11 is 0. The van der Waals surface area contributed by atoms with Gasteiger partial charge in [0, 0.05) is 0 Å². The lowest BCUT2D eigenvalue weighted by atomic mass is 10.5. The van der Waals surface area contributed by atoms with Gasteiger partial charge in [-0.25, -0.2) is 19.1 Å². The summed E-state index contributed by atoms with van der Waals surface area (Å²) in [7, 11) is 0.551. The first-order valence-corrected chi connectivity index (χ1v) is 6.83. The van der Waals surface area contributed by atoms with E-state index in [0.29, 0.717) is 0 Å². The second-order valence-electron chi connectivity index (χ2n) is 4.21. The number of alkyl halides is 8. The lowest BCUT2D eigenvalue weighted by Gasteiger charge is -2.29. The zero-order chi connectivity index (χ0) is 22.1. The third-order valence-electron chi connectivity index (χ3n) is 2.20. The fourth-order valence-corrected chi connectivity index (χ4v) is 1.01. The van der Waals surface area contributed by atoms with Crippen LogP contribution in [0.15, 0.2) is 0 Å². The van der Waals surface area contributed by atoms with Crippen molar-refractivity contribution in [2.75, 3.05) is 27.3 Å². The van der Waals surface area contributed by atoms with Gasteiger partial charge in [0.15, 0.2) is 0 Å². The van der Waals surface area contributed by atoms with Crippen LogP contribution in [0.3, 0.4) is 0 Å². The fourth-order valence-electron chi connectivity index (χ4n) is 1.01. The molecule has 0 aliphatic rings. The van der Waals surface area contributed by atoms with E-state index < -0.39 is 36.4 Å². The molecule has 0 saturated heterocycles. The van der Waals surface area contributed by atoms with Crippen LogP contribution in [0.25, 0.3) is 0 Å². The molecule has 0 bridgehead atoms. The fraction of sp³-hybridized carbons (Fsp3) is 0.833. The third-order valence-corrected chi connectivity index (χ3v) is 2.20. The predicted octanol–water partition coefficient (Wildman–Crippen LogP) is 2.35. The lowest BCUT2D eigenvalue weighted by molar-refractivity contribution is -0.502. The molecule has 0 rings (SSSR count). The molecule has 15 heteroatoms. The average Bonchev–Trinajstić information content (AvgIpc) is 2.52. The molecule has 0 heterocycles. The number of esters is 2. The quantitative estimate of drug-likeness (QED) is 0.450. The normalized spacial score (nSPS) is 12.7. The van der Waals surface area contributed by atoms with Gasteiger partial charge in [0.05, 0.1) is 14.2 Å². The highest BCUT2D eigenvalue weighted by molar-refractivity contribution is 5.76. The number of ether oxygens (including phenoxy) is 4. The predicted molar refractivity (Wildman–Crippen MR) is 70.2 cm³/mol. The van der Waals surface area contributed by atoms with Gasteiger partial charge >= 0.3 is 36.4 Å². The van der Waals surface area contributed by atoms with Gasteiger partial charge in [-0.2, -0.15) is 35.1 Å². The zero-order valence-corrected chi connectivity index (χ0v) is 14.4. The Balaban J connectivity index is 0. The van der Waals surface area contributed by atoms with Crippen molar-refractivity contribution >= 4 is 11.9 Å². The second-order valence-corrected chi connectivity index (χ2v) is 4.21. The first-order valence-electron chi connectivity index (χ1n) is 6.83. The highest BCUT2D eigenvalue weighted by Crippen LogP contribution is 2.43. The summed E-state index contributed by atoms with van der Waals surface area (Å²) in [5.74, 6) is -5.63. The smallest absolute Gasteiger partial charge is 0.460 e. The highest BCUT2D eigenvalue weighted by atomic mass is 19.3. The number of nitrogens with one attached hydrogen (secondary N) is 1. The van der Waals surface area contributed by atoms with Crippen molar-refractivity contribution in [2.45, 2.75) is 38.3 Å². The zero-order valence-electron chi connectivity index (χ0n) is 14.4. The van der Waals surface area contributed by atoms with E-state index in [-0.39, 0.29) is 14.2 Å². The van der Waals surface area contributed by atoms with E-state index in [2.05, 4.69) is 38.1 Å². The molecule has 0 fully saturated rings. The molecule has 0 aromatic heterocycles. The topological polar surface area (TPSA) is 83.1 Å². The van der Waals surface area contributed by atoms with Crippen LogP contribution in [-0.4, -0.2) is 63.7 Å². The van der Waals surface area contributed by atoms with Crippen LogP contribution in [0.2, 0.25) is 0 Å². The molecule has 27 heavy (non-hydrogen) atoms. The number of halogens is 8. The molecule has 0 aliphatic carbocycles. The summed E-state index contributed by atoms with van der Waals surface area (Å²) in [6, 6.07) is 0. The van der Waals surface area contributed by atoms with Crippen LogP contribution in [0.5, 0.6) is 0 Å². The van der Waals surface area contributed by atoms with Crippen LogP contribution >= 0.6 is 0 Å². The molecule has 162 valence electrons. The van der Waals surface area contributed by atoms with E-state index in [1.807, 2.05) is 0 Å². The number of hydrogen-bond donors (Lipinski definition) is 1. The van der Waals surface area contributed by atoms with Gasteiger partial charge in [-0.15, -0.1) is 0 Å². The summed E-state index contributed by atoms with van der Waals surface area (Å²) in [6.45, 7) is 6.39. The largest absolute Gasteiger partial charge is 0.463 e. The van der Waals surface area contributed by atoms with E-state index in [1.54, 1.807) is 0 Å². The Hall–Kier alpha value is -1.74. The van der Waals surface area contributed by atoms with Crippen LogP contribution < -0.4 is 5.32 Å². The number of methoxy groups -OCH3 is 2. The maximum absolute atomic E-state index is 12.8. The Morgan fingerprint density at radius 1 is 0.704 bits per heavy atom. The van der Waals surface area contributed by atoms with E-state index in [1.165, 1.54) is 0 Å². The van der Waals surface area contributed by atoms with Crippen LogP contribution in [-0.2, 0) is 28.5 Å². The summed E-state index contributed by atoms with van der Waals surface area (Å²) in [6.07, 6.45) is -24.1. The minimum atomic E-state index is -6.44. The molecule has 7 nitrogen and oxygen atoms in total. The number of carbonyl (C=O) groups excluding carboxylic acids is 2. The lowest BCUT2D eigenvalue weighted by Crippen LogP contribution is -2.54. The van der Waals surface area contributed by atoms with Gasteiger partial charge in [0.1, 0.15) is 0 Å². The van der Waals surface area contributed by atoms with Crippen molar-refractivity contribution in [1.82, 2.24) is 5.32 Å². The van der Waals surface area contributed by atoms with Gasteiger partial charge in [-0.3, -0.25) is 0 Å². The number of rotatable bonds is 9. The molecular weight excluding hydrogens is 406 g/mol. The SMILES string of the molecule is CCNCC.COC(=O)C(F)(F)OC(F)(F)C(F)(F)OC(F)(F)C(=O)OC. The van der Waals surface area contributed by atoms with Gasteiger partial charge in [0.25, 0.3) is 0 Å². The molecule has 0 spiro atoms. The minimum absolute atomic E-state index is 0.276. The third kappa shape index (κ3) is 8.66. The van der Waals surface area contributed by atoms with Crippen molar-refractivity contribution < 1.29 is 63.7 Å². The molecule has 0 unspecified atom stereocenters. The first kappa shape index (κ1) is 27.5. The van der Waals surface area contributed by atoms with E-state index in [4.69, 9.17) is 0 Å². The monoisotopic (exact) mass is 423 g/mol. The van der Waals surface area contributed by atoms with Crippen LogP contribution in [0.4, 0.5) is 35.1 Å². The Bertz CT molecular complexity index is 447. The van der Waals surface area contributed by atoms with Gasteiger partial charge in [0.2, 0.25) is 0 Å². The number of carbonyl (C=O) groups is 2. The Morgan fingerprint density at radius 3 is 1.11 bits per heavy atom. The summed E-state index contributed by atoms with van der Waals surface area (Å²) in [4.78, 5) is 20.7. The minimum Gasteiger partial charge on any atom is -0.463 e. The first-order chi connectivity index (χ1) is 12.0. The molecule has 0 atom stereocenters. The van der Waals surface area contributed by atoms with Crippen LogP contribution in [0, 0.1) is 0 Å². The maximum Gasteiger partial charge on any atom is 0.460 e. The van der Waals surface area contributed by atoms with Crippen molar-refractivity contribution in [3.8, 4) is 0 Å². The summed E-state index contributed by atoms with van der Waals surface area (Å²) in [5.41, 5.74) is 0. The van der Waals surface area contributed by atoms with Crippen molar-refractivity contribution in [1.29, 1.82) is 0 Å². The van der Waals surface area contributed by atoms with E-state index in [0.717, 1.165) is 13.1 Å². The van der Waals surface area contributed by atoms with Crippen LogP contribution in [0.1, 0.15) is 13.8 Å². The molecule has 0 saturated carbocycles. The van der Waals surface area contributed by atoms with Crippen molar-refractivity contribution in [3.05, 3.63) is 0 Å². The molecule has 0 radical (unpaired) electrons. The average molecular weight is 423 g/mol. The second kappa shape index (κ2) is 10.6. The van der Waals surface area contributed by atoms with Crippen molar-refractivity contribution in [2.24, 2.45) is 0 Å². The molecule has 0 amide bonds. The van der Waals surface area contributed by atoms with Gasteiger partial charge < -0.3 is 14.8 Å². The van der Waals surface area contributed by atoms with E-state index >= 15 is 0 Å². The molecule has 0 aromatic carbocycles. The number of hydrogen-bond acceptors (Lipinski definition) is 7. The van der Waals surface area contributed by atoms with E-state index in [9.17, 15) is 44.7 Å². The summed E-state index contributed by atoms with van der Waals surface area (Å²) < 4.78 is 113. The van der Waals surface area contributed by atoms with Crippen molar-refractivity contribution in [3.63, 3.8) is 0 Å².